The van der Waals surface area contributed by atoms with Crippen LogP contribution in [0.4, 0.5) is 5.69 Å². The van der Waals surface area contributed by atoms with E-state index in [1.807, 2.05) is 47.4 Å². The molecular formula is C20H20BrN3O. The van der Waals surface area contributed by atoms with Gasteiger partial charge >= 0.3 is 0 Å². The maximum Gasteiger partial charge on any atom is 0.227 e. The Morgan fingerprint density at radius 1 is 1.16 bits per heavy atom. The molecule has 2 aromatic carbocycles. The molecule has 5 heteroatoms. The Labute approximate surface area is 155 Å². The van der Waals surface area contributed by atoms with Crippen LogP contribution in [0.2, 0.25) is 0 Å². The van der Waals surface area contributed by atoms with E-state index < -0.39 is 0 Å². The van der Waals surface area contributed by atoms with Gasteiger partial charge in [-0.1, -0.05) is 35.0 Å². The zero-order chi connectivity index (χ0) is 17.4. The molecule has 1 saturated heterocycles. The average Bonchev–Trinajstić information content (AvgIpc) is 3.17. The van der Waals surface area contributed by atoms with Crippen LogP contribution in [-0.4, -0.2) is 22.0 Å². The van der Waals surface area contributed by atoms with Crippen molar-refractivity contribution in [3.63, 3.8) is 0 Å². The number of rotatable bonds is 4. The molecule has 25 heavy (non-hydrogen) atoms. The number of imidazole rings is 1. The molecule has 0 radical (unpaired) electrons. The molecule has 0 saturated carbocycles. The number of carbonyl (C=O) groups is 1. The highest BCUT2D eigenvalue weighted by molar-refractivity contribution is 9.10. The number of carbonyl (C=O) groups excluding carboxylic acids is 1. The molecule has 1 unspecified atom stereocenters. The lowest BCUT2D eigenvalue weighted by atomic mass is 10.1. The Kier molecular flexibility index (Phi) is 4.34. The van der Waals surface area contributed by atoms with Gasteiger partial charge in [0, 0.05) is 35.6 Å². The minimum absolute atomic E-state index is 0.134. The van der Waals surface area contributed by atoms with Gasteiger partial charge in [0.1, 0.15) is 5.82 Å². The molecule has 0 N–H and O–H groups in total. The van der Waals surface area contributed by atoms with Crippen molar-refractivity contribution in [2.45, 2.75) is 32.2 Å². The number of halogens is 1. The normalized spacial score (nSPS) is 17.6. The summed E-state index contributed by atoms with van der Waals surface area (Å²) < 4.78 is 3.31. The molecule has 0 spiro atoms. The monoisotopic (exact) mass is 397 g/mol. The van der Waals surface area contributed by atoms with Crippen LogP contribution in [0.5, 0.6) is 0 Å². The fraction of sp³-hybridized carbons (Fsp3) is 0.300. The lowest BCUT2D eigenvalue weighted by Gasteiger charge is -2.17. The molecule has 1 aliphatic rings. The van der Waals surface area contributed by atoms with Crippen LogP contribution in [0, 0.1) is 0 Å². The van der Waals surface area contributed by atoms with Gasteiger partial charge in [0.2, 0.25) is 5.91 Å². The first-order valence-corrected chi connectivity index (χ1v) is 9.47. The largest absolute Gasteiger partial charge is 0.328 e. The highest BCUT2D eigenvalue weighted by Crippen LogP contribution is 2.33. The minimum atomic E-state index is 0.134. The molecule has 0 aliphatic carbocycles. The van der Waals surface area contributed by atoms with E-state index in [-0.39, 0.29) is 11.8 Å². The van der Waals surface area contributed by atoms with E-state index in [0.29, 0.717) is 13.0 Å². The van der Waals surface area contributed by atoms with E-state index in [1.54, 1.807) is 0 Å². The number of aromatic nitrogens is 2. The number of amides is 1. The van der Waals surface area contributed by atoms with Crippen molar-refractivity contribution in [3.8, 4) is 0 Å². The molecule has 2 heterocycles. The van der Waals surface area contributed by atoms with E-state index in [0.717, 1.165) is 40.0 Å². The van der Waals surface area contributed by atoms with Gasteiger partial charge in [-0.05, 0) is 42.8 Å². The van der Waals surface area contributed by atoms with Gasteiger partial charge in [0.05, 0.1) is 11.0 Å². The third-order valence-corrected chi connectivity index (χ3v) is 5.29. The molecule has 1 atom stereocenters. The van der Waals surface area contributed by atoms with Crippen LogP contribution in [0.1, 0.15) is 31.5 Å². The number of aryl methyl sites for hydroxylation is 1. The van der Waals surface area contributed by atoms with Crippen molar-refractivity contribution < 1.29 is 4.79 Å². The predicted molar refractivity (Wildman–Crippen MR) is 104 cm³/mol. The third-order valence-electron chi connectivity index (χ3n) is 4.76. The van der Waals surface area contributed by atoms with Crippen molar-refractivity contribution in [1.29, 1.82) is 0 Å². The Morgan fingerprint density at radius 2 is 1.92 bits per heavy atom. The van der Waals surface area contributed by atoms with E-state index in [4.69, 9.17) is 4.98 Å². The fourth-order valence-electron chi connectivity index (χ4n) is 3.62. The highest BCUT2D eigenvalue weighted by atomic mass is 79.9. The molecule has 4 nitrogen and oxygen atoms in total. The van der Waals surface area contributed by atoms with Crippen LogP contribution in [-0.2, 0) is 11.3 Å². The SMILES string of the molecule is CCCn1c(C2CC(=O)N(c3ccc(Br)cc3)C2)nc2ccccc21. The number of benzene rings is 2. The van der Waals surface area contributed by atoms with E-state index in [1.165, 1.54) is 0 Å². The number of hydrogen-bond donors (Lipinski definition) is 0. The molecule has 1 fully saturated rings. The lowest BCUT2D eigenvalue weighted by Crippen LogP contribution is -2.24. The number of para-hydroxylation sites is 2. The van der Waals surface area contributed by atoms with Crippen LogP contribution < -0.4 is 4.90 Å². The van der Waals surface area contributed by atoms with E-state index in [2.05, 4.69) is 33.5 Å². The maximum absolute atomic E-state index is 12.6. The highest BCUT2D eigenvalue weighted by Gasteiger charge is 2.34. The van der Waals surface area contributed by atoms with Crippen molar-refractivity contribution in [2.75, 3.05) is 11.4 Å². The summed E-state index contributed by atoms with van der Waals surface area (Å²) >= 11 is 3.45. The first-order valence-electron chi connectivity index (χ1n) is 8.68. The molecule has 3 aromatic rings. The van der Waals surface area contributed by atoms with Gasteiger partial charge in [-0.2, -0.15) is 0 Å². The smallest absolute Gasteiger partial charge is 0.227 e. The number of hydrogen-bond acceptors (Lipinski definition) is 2. The summed E-state index contributed by atoms with van der Waals surface area (Å²) in [4.78, 5) is 19.4. The zero-order valence-corrected chi connectivity index (χ0v) is 15.7. The maximum atomic E-state index is 12.6. The van der Waals surface area contributed by atoms with Gasteiger partial charge in [-0.3, -0.25) is 4.79 Å². The minimum Gasteiger partial charge on any atom is -0.328 e. The Balaban J connectivity index is 1.69. The Bertz CT molecular complexity index is 916. The summed E-state index contributed by atoms with van der Waals surface area (Å²) in [6, 6.07) is 16.2. The molecule has 1 amide bonds. The number of nitrogens with zero attached hydrogens (tertiary/aromatic N) is 3. The quantitative estimate of drug-likeness (QED) is 0.637. The second kappa shape index (κ2) is 6.64. The first kappa shape index (κ1) is 16.3. The molecule has 1 aliphatic heterocycles. The number of anilines is 1. The van der Waals surface area contributed by atoms with E-state index in [9.17, 15) is 4.79 Å². The summed E-state index contributed by atoms with van der Waals surface area (Å²) in [5.41, 5.74) is 3.13. The summed E-state index contributed by atoms with van der Waals surface area (Å²) in [6.45, 7) is 3.79. The summed E-state index contributed by atoms with van der Waals surface area (Å²) in [7, 11) is 0. The Hall–Kier alpha value is -2.14. The molecular weight excluding hydrogens is 378 g/mol. The van der Waals surface area contributed by atoms with E-state index >= 15 is 0 Å². The first-order chi connectivity index (χ1) is 12.2. The van der Waals surface area contributed by atoms with Crippen LogP contribution in [0.15, 0.2) is 53.0 Å². The van der Waals surface area contributed by atoms with Crippen LogP contribution in [0.3, 0.4) is 0 Å². The molecule has 128 valence electrons. The van der Waals surface area contributed by atoms with Crippen LogP contribution >= 0.6 is 15.9 Å². The van der Waals surface area contributed by atoms with Gasteiger partial charge < -0.3 is 9.47 Å². The predicted octanol–water partition coefficient (Wildman–Crippen LogP) is 4.73. The fourth-order valence-corrected chi connectivity index (χ4v) is 3.88. The second-order valence-corrected chi connectivity index (χ2v) is 7.41. The average molecular weight is 398 g/mol. The van der Waals surface area contributed by atoms with Crippen LogP contribution in [0.25, 0.3) is 11.0 Å². The van der Waals surface area contributed by atoms with Gasteiger partial charge in [-0.15, -0.1) is 0 Å². The van der Waals surface area contributed by atoms with Crippen molar-refractivity contribution in [1.82, 2.24) is 9.55 Å². The summed E-state index contributed by atoms with van der Waals surface area (Å²) in [5, 5.41) is 0. The number of fused-ring (bicyclic) bond motifs is 1. The van der Waals surface area contributed by atoms with Gasteiger partial charge in [0.25, 0.3) is 0 Å². The molecule has 0 bridgehead atoms. The van der Waals surface area contributed by atoms with Crippen molar-refractivity contribution in [3.05, 3.63) is 58.8 Å². The standard InChI is InChI=1S/C20H20BrN3O/c1-2-11-23-18-6-4-3-5-17(18)22-20(23)14-12-19(25)24(13-14)16-9-7-15(21)8-10-16/h3-10,14H,2,11-13H2,1H3. The van der Waals surface area contributed by atoms with Gasteiger partial charge in [-0.25, -0.2) is 4.98 Å². The summed E-state index contributed by atoms with van der Waals surface area (Å²) in [5.74, 6) is 1.34. The summed E-state index contributed by atoms with van der Waals surface area (Å²) in [6.07, 6.45) is 1.56. The Morgan fingerprint density at radius 3 is 2.68 bits per heavy atom. The topological polar surface area (TPSA) is 38.1 Å². The zero-order valence-electron chi connectivity index (χ0n) is 14.2. The third kappa shape index (κ3) is 2.97. The van der Waals surface area contributed by atoms with Crippen molar-refractivity contribution >= 4 is 38.6 Å². The lowest BCUT2D eigenvalue weighted by molar-refractivity contribution is -0.117. The van der Waals surface area contributed by atoms with Gasteiger partial charge in [0.15, 0.2) is 0 Å². The van der Waals surface area contributed by atoms with Crippen molar-refractivity contribution in [2.24, 2.45) is 0 Å². The molecule has 1 aromatic heterocycles. The molecule has 4 rings (SSSR count). The second-order valence-electron chi connectivity index (χ2n) is 6.49.